The fraction of sp³-hybridized carbons (Fsp3) is 0.292. The minimum Gasteiger partial charge on any atom is -0.464 e. The number of sulfonamides is 1. The molecule has 3 aliphatic rings. The van der Waals surface area contributed by atoms with E-state index in [1.165, 1.54) is 9.87 Å². The largest absolute Gasteiger partial charge is 0.464 e. The lowest BCUT2D eigenvalue weighted by Crippen LogP contribution is -2.37. The Kier molecular flexibility index (Phi) is 4.13. The average molecular weight is 435 g/mol. The molecule has 7 heteroatoms. The molecule has 158 valence electrons. The van der Waals surface area contributed by atoms with E-state index in [2.05, 4.69) is 12.1 Å². The number of carbonyl (C=O) groups is 1. The molecule has 0 saturated heterocycles. The molecule has 2 aliphatic heterocycles. The van der Waals surface area contributed by atoms with Gasteiger partial charge in [-0.2, -0.15) is 4.31 Å². The van der Waals surface area contributed by atoms with Gasteiger partial charge in [0, 0.05) is 37.5 Å². The van der Waals surface area contributed by atoms with Gasteiger partial charge >= 0.3 is 0 Å². The van der Waals surface area contributed by atoms with Gasteiger partial charge in [-0.1, -0.05) is 30.3 Å². The molecule has 2 atom stereocenters. The summed E-state index contributed by atoms with van der Waals surface area (Å²) in [4.78, 5) is 15.2. The highest BCUT2D eigenvalue weighted by Gasteiger charge is 2.47. The summed E-state index contributed by atoms with van der Waals surface area (Å²) in [5, 5.41) is 0.773. The molecule has 0 N–H and O–H groups in total. The lowest BCUT2D eigenvalue weighted by atomic mass is 10.1. The van der Waals surface area contributed by atoms with Gasteiger partial charge in [-0.15, -0.1) is 0 Å². The van der Waals surface area contributed by atoms with Gasteiger partial charge in [0.2, 0.25) is 15.9 Å². The van der Waals surface area contributed by atoms with Gasteiger partial charge in [0.15, 0.2) is 0 Å². The van der Waals surface area contributed by atoms with Crippen molar-refractivity contribution in [2.24, 2.45) is 5.92 Å². The number of hydrogen-bond acceptors (Lipinski definition) is 4. The number of hydrogen-bond donors (Lipinski definition) is 0. The lowest BCUT2D eigenvalue weighted by Gasteiger charge is -2.23. The second-order valence-corrected chi connectivity index (χ2v) is 10.6. The molecular formula is C24H22N2O4S. The Morgan fingerprint density at radius 3 is 2.42 bits per heavy atom. The molecular weight excluding hydrogens is 412 g/mol. The van der Waals surface area contributed by atoms with E-state index in [0.717, 1.165) is 23.0 Å². The third-order valence-electron chi connectivity index (χ3n) is 6.71. The zero-order chi connectivity index (χ0) is 21.2. The zero-order valence-electron chi connectivity index (χ0n) is 16.9. The van der Waals surface area contributed by atoms with Crippen molar-refractivity contribution in [1.29, 1.82) is 0 Å². The van der Waals surface area contributed by atoms with Crippen molar-refractivity contribution in [1.82, 2.24) is 9.21 Å². The maximum atomic E-state index is 13.2. The van der Waals surface area contributed by atoms with E-state index in [1.807, 2.05) is 23.1 Å². The van der Waals surface area contributed by atoms with E-state index < -0.39 is 10.0 Å². The SMILES string of the molecule is O=C([C@@H]1C[C@@H]1c1ccccc1)N1CC2=C(C1)CN(S(=O)(=O)c1ccc3occc3c1)C2. The van der Waals surface area contributed by atoms with Crippen molar-refractivity contribution in [3.63, 3.8) is 0 Å². The molecule has 0 bridgehead atoms. The van der Waals surface area contributed by atoms with Crippen molar-refractivity contribution < 1.29 is 17.6 Å². The van der Waals surface area contributed by atoms with Crippen LogP contribution < -0.4 is 0 Å². The summed E-state index contributed by atoms with van der Waals surface area (Å²) in [6.45, 7) is 1.80. The van der Waals surface area contributed by atoms with Crippen LogP contribution in [0.2, 0.25) is 0 Å². The van der Waals surface area contributed by atoms with Crippen molar-refractivity contribution in [2.45, 2.75) is 17.2 Å². The normalized spacial score (nSPS) is 23.5. The summed E-state index contributed by atoms with van der Waals surface area (Å²) in [7, 11) is -3.59. The minimum atomic E-state index is -3.59. The summed E-state index contributed by atoms with van der Waals surface area (Å²) >= 11 is 0. The Morgan fingerprint density at radius 1 is 0.935 bits per heavy atom. The molecule has 6 rings (SSSR count). The van der Waals surface area contributed by atoms with E-state index in [9.17, 15) is 13.2 Å². The van der Waals surface area contributed by atoms with Crippen LogP contribution in [0.15, 0.2) is 81.3 Å². The van der Waals surface area contributed by atoms with Gasteiger partial charge in [0.05, 0.1) is 11.2 Å². The Labute approximate surface area is 180 Å². The third kappa shape index (κ3) is 3.11. The number of fused-ring (bicyclic) bond motifs is 1. The highest BCUT2D eigenvalue weighted by molar-refractivity contribution is 7.89. The molecule has 1 amide bonds. The predicted molar refractivity (Wildman–Crippen MR) is 116 cm³/mol. The first kappa shape index (κ1) is 18.8. The summed E-state index contributed by atoms with van der Waals surface area (Å²) in [6.07, 6.45) is 2.46. The first-order chi connectivity index (χ1) is 15.0. The molecule has 0 spiro atoms. The monoisotopic (exact) mass is 434 g/mol. The van der Waals surface area contributed by atoms with E-state index in [1.54, 1.807) is 30.5 Å². The minimum absolute atomic E-state index is 0.0592. The first-order valence-electron chi connectivity index (χ1n) is 10.5. The quantitative estimate of drug-likeness (QED) is 0.591. The summed E-state index contributed by atoms with van der Waals surface area (Å²) in [5.74, 6) is 0.575. The van der Waals surface area contributed by atoms with Gasteiger partial charge in [-0.25, -0.2) is 8.42 Å². The zero-order valence-corrected chi connectivity index (χ0v) is 17.7. The van der Waals surface area contributed by atoms with Crippen molar-refractivity contribution in [2.75, 3.05) is 26.2 Å². The van der Waals surface area contributed by atoms with Gasteiger partial charge in [-0.05, 0) is 53.3 Å². The molecule has 1 saturated carbocycles. The molecule has 6 nitrogen and oxygen atoms in total. The maximum Gasteiger partial charge on any atom is 0.243 e. The highest BCUT2D eigenvalue weighted by Crippen LogP contribution is 2.49. The molecule has 31 heavy (non-hydrogen) atoms. The number of benzene rings is 2. The van der Waals surface area contributed by atoms with Crippen molar-refractivity contribution in [3.05, 3.63) is 77.6 Å². The number of nitrogens with zero attached hydrogens (tertiary/aromatic N) is 2. The number of furan rings is 1. The smallest absolute Gasteiger partial charge is 0.243 e. The maximum absolute atomic E-state index is 13.2. The van der Waals surface area contributed by atoms with E-state index >= 15 is 0 Å². The molecule has 1 aliphatic carbocycles. The Morgan fingerprint density at radius 2 is 1.68 bits per heavy atom. The van der Waals surface area contributed by atoms with Crippen LogP contribution in [0.25, 0.3) is 11.0 Å². The molecule has 0 unspecified atom stereocenters. The topological polar surface area (TPSA) is 70.8 Å². The second kappa shape index (κ2) is 6.80. The van der Waals surface area contributed by atoms with Gasteiger partial charge in [0.1, 0.15) is 5.58 Å². The molecule has 0 radical (unpaired) electrons. The van der Waals surface area contributed by atoms with E-state index in [0.29, 0.717) is 37.7 Å². The van der Waals surface area contributed by atoms with Crippen LogP contribution in [0.4, 0.5) is 0 Å². The summed E-state index contributed by atoms with van der Waals surface area (Å²) in [6, 6.07) is 16.9. The molecule has 3 heterocycles. The summed E-state index contributed by atoms with van der Waals surface area (Å²) < 4.78 is 33.1. The summed E-state index contributed by atoms with van der Waals surface area (Å²) in [5.41, 5.74) is 4.04. The van der Waals surface area contributed by atoms with Gasteiger partial charge in [0.25, 0.3) is 0 Å². The predicted octanol–water partition coefficient (Wildman–Crippen LogP) is 3.38. The lowest BCUT2D eigenvalue weighted by molar-refractivity contribution is -0.131. The molecule has 1 fully saturated rings. The number of rotatable bonds is 4. The van der Waals surface area contributed by atoms with Crippen LogP contribution in [-0.2, 0) is 14.8 Å². The van der Waals surface area contributed by atoms with Crippen molar-refractivity contribution in [3.8, 4) is 0 Å². The standard InChI is InChI=1S/C24H22N2O4S/c27-24(22-11-21(22)16-4-2-1-3-5-16)25-12-18-14-26(15-19(18)13-25)31(28,29)20-6-7-23-17(10-20)8-9-30-23/h1-10,21-22H,11-15H2/t21-,22-/m1/s1. The van der Waals surface area contributed by atoms with E-state index in [-0.39, 0.29) is 16.7 Å². The first-order valence-corrected chi connectivity index (χ1v) is 12.0. The number of carbonyl (C=O) groups excluding carboxylic acids is 1. The molecule has 2 aromatic carbocycles. The average Bonchev–Trinajstić information content (AvgIpc) is 3.08. The van der Waals surface area contributed by atoms with Crippen LogP contribution in [0.1, 0.15) is 17.9 Å². The van der Waals surface area contributed by atoms with Crippen molar-refractivity contribution >= 4 is 26.9 Å². The Hall–Kier alpha value is -2.90. The van der Waals surface area contributed by atoms with Gasteiger partial charge in [-0.3, -0.25) is 4.79 Å². The Bertz CT molecular complexity index is 1310. The second-order valence-electron chi connectivity index (χ2n) is 8.65. The fourth-order valence-electron chi connectivity index (χ4n) is 4.90. The fourth-order valence-corrected chi connectivity index (χ4v) is 6.36. The number of amides is 1. The van der Waals surface area contributed by atoms with Crippen LogP contribution in [0, 0.1) is 5.92 Å². The van der Waals surface area contributed by atoms with Crippen LogP contribution in [-0.4, -0.2) is 49.7 Å². The van der Waals surface area contributed by atoms with Gasteiger partial charge < -0.3 is 9.32 Å². The molecule has 1 aromatic heterocycles. The van der Waals surface area contributed by atoms with Crippen LogP contribution in [0.5, 0.6) is 0 Å². The highest BCUT2D eigenvalue weighted by atomic mass is 32.2. The molecule has 3 aromatic rings. The van der Waals surface area contributed by atoms with Crippen LogP contribution >= 0.6 is 0 Å². The van der Waals surface area contributed by atoms with E-state index in [4.69, 9.17) is 4.42 Å². The third-order valence-corrected chi connectivity index (χ3v) is 8.49. The Balaban J connectivity index is 1.12. The van der Waals surface area contributed by atoms with Crippen LogP contribution in [0.3, 0.4) is 0 Å².